The molecule has 0 aliphatic heterocycles. The van der Waals surface area contributed by atoms with Gasteiger partial charge in [0.25, 0.3) is 0 Å². The number of ether oxygens (including phenoxy) is 1. The number of carbonyl (C=O) groups is 1. The van der Waals surface area contributed by atoms with Crippen molar-refractivity contribution in [3.8, 4) is 5.88 Å². The fraction of sp³-hybridized carbons (Fsp3) is 0.429. The van der Waals surface area contributed by atoms with Crippen LogP contribution in [0.4, 0.5) is 13.2 Å². The summed E-state index contributed by atoms with van der Waals surface area (Å²) in [6.45, 7) is -1.55. The SMILES string of the molecule is Cn1ncc(C(=O)O)c1OCC(F)(F)F. The molecule has 0 spiro atoms. The highest BCUT2D eigenvalue weighted by atomic mass is 19.4. The van der Waals surface area contributed by atoms with Gasteiger partial charge in [-0.1, -0.05) is 0 Å². The Bertz CT molecular complexity index is 372. The highest BCUT2D eigenvalue weighted by Gasteiger charge is 2.30. The van der Waals surface area contributed by atoms with Crippen LogP contribution in [0.1, 0.15) is 10.4 Å². The number of hydrogen-bond acceptors (Lipinski definition) is 3. The van der Waals surface area contributed by atoms with Crippen LogP contribution in [0.3, 0.4) is 0 Å². The van der Waals surface area contributed by atoms with Crippen molar-refractivity contribution in [2.45, 2.75) is 6.18 Å². The van der Waals surface area contributed by atoms with E-state index < -0.39 is 30.2 Å². The molecule has 84 valence electrons. The van der Waals surface area contributed by atoms with Gasteiger partial charge in [-0.15, -0.1) is 0 Å². The van der Waals surface area contributed by atoms with E-state index in [0.717, 1.165) is 10.9 Å². The predicted octanol–water partition coefficient (Wildman–Crippen LogP) is 1.06. The van der Waals surface area contributed by atoms with E-state index in [2.05, 4.69) is 9.84 Å². The van der Waals surface area contributed by atoms with Crippen LogP contribution >= 0.6 is 0 Å². The number of rotatable bonds is 3. The Morgan fingerprint density at radius 3 is 2.73 bits per heavy atom. The maximum absolute atomic E-state index is 11.8. The molecule has 1 rings (SSSR count). The topological polar surface area (TPSA) is 64.4 Å². The lowest BCUT2D eigenvalue weighted by Gasteiger charge is -2.09. The molecule has 8 heteroatoms. The zero-order valence-corrected chi connectivity index (χ0v) is 7.58. The minimum atomic E-state index is -4.51. The van der Waals surface area contributed by atoms with E-state index in [1.54, 1.807) is 0 Å². The lowest BCUT2D eigenvalue weighted by Crippen LogP contribution is -2.21. The van der Waals surface area contributed by atoms with E-state index in [1.807, 2.05) is 0 Å². The van der Waals surface area contributed by atoms with Crippen LogP contribution in [0.2, 0.25) is 0 Å². The van der Waals surface area contributed by atoms with Gasteiger partial charge in [-0.25, -0.2) is 9.48 Å². The molecule has 1 heterocycles. The Balaban J connectivity index is 2.84. The zero-order chi connectivity index (χ0) is 11.6. The molecular formula is C7H7F3N2O3. The van der Waals surface area contributed by atoms with Gasteiger partial charge in [-0.3, -0.25) is 0 Å². The van der Waals surface area contributed by atoms with Crippen LogP contribution in [0, 0.1) is 0 Å². The molecule has 0 unspecified atom stereocenters. The van der Waals surface area contributed by atoms with Crippen molar-refractivity contribution < 1.29 is 27.8 Å². The second kappa shape index (κ2) is 3.79. The third-order valence-electron chi connectivity index (χ3n) is 1.49. The van der Waals surface area contributed by atoms with Gasteiger partial charge in [0, 0.05) is 7.05 Å². The average Bonchev–Trinajstić information content (AvgIpc) is 2.42. The van der Waals surface area contributed by atoms with Gasteiger partial charge in [0.15, 0.2) is 6.61 Å². The Kier molecular flexibility index (Phi) is 2.87. The van der Waals surface area contributed by atoms with E-state index in [0.29, 0.717) is 0 Å². The lowest BCUT2D eigenvalue weighted by atomic mass is 10.3. The number of halogens is 3. The summed E-state index contributed by atoms with van der Waals surface area (Å²) in [5.74, 6) is -1.81. The molecule has 0 bridgehead atoms. The summed E-state index contributed by atoms with van der Waals surface area (Å²) < 4.78 is 40.7. The number of carboxylic acids is 1. The van der Waals surface area contributed by atoms with Crippen LogP contribution in [-0.4, -0.2) is 33.6 Å². The van der Waals surface area contributed by atoms with Crippen molar-refractivity contribution in [2.75, 3.05) is 6.61 Å². The van der Waals surface area contributed by atoms with Gasteiger partial charge in [-0.2, -0.15) is 18.3 Å². The highest BCUT2D eigenvalue weighted by Crippen LogP contribution is 2.21. The molecule has 15 heavy (non-hydrogen) atoms. The van der Waals surface area contributed by atoms with Crippen molar-refractivity contribution in [3.63, 3.8) is 0 Å². The Labute approximate surface area is 82.1 Å². The van der Waals surface area contributed by atoms with Crippen molar-refractivity contribution in [2.24, 2.45) is 7.05 Å². The third kappa shape index (κ3) is 2.86. The molecule has 0 fully saturated rings. The van der Waals surface area contributed by atoms with Gasteiger partial charge in [0.05, 0.1) is 6.20 Å². The second-order valence-electron chi connectivity index (χ2n) is 2.70. The molecule has 0 aliphatic carbocycles. The standard InChI is InChI=1S/C7H7F3N2O3/c1-12-5(15-3-7(8,9)10)4(2-11-12)6(13)14/h2H,3H2,1H3,(H,13,14). The Morgan fingerprint density at radius 1 is 1.67 bits per heavy atom. The number of aryl methyl sites for hydroxylation is 1. The van der Waals surface area contributed by atoms with Gasteiger partial charge < -0.3 is 9.84 Å². The van der Waals surface area contributed by atoms with E-state index >= 15 is 0 Å². The normalized spacial score (nSPS) is 11.5. The molecule has 5 nitrogen and oxygen atoms in total. The number of carboxylic acid groups (broad SMARTS) is 1. The van der Waals surface area contributed by atoms with Crippen LogP contribution in [-0.2, 0) is 7.05 Å². The summed E-state index contributed by atoms with van der Waals surface area (Å²) in [5, 5.41) is 12.1. The summed E-state index contributed by atoms with van der Waals surface area (Å²) in [4.78, 5) is 10.5. The Hall–Kier alpha value is -1.73. The van der Waals surface area contributed by atoms with E-state index in [1.165, 1.54) is 7.05 Å². The van der Waals surface area contributed by atoms with Crippen molar-refractivity contribution in [1.82, 2.24) is 9.78 Å². The smallest absolute Gasteiger partial charge is 0.422 e. The fourth-order valence-electron chi connectivity index (χ4n) is 0.894. The van der Waals surface area contributed by atoms with Crippen LogP contribution in [0.5, 0.6) is 5.88 Å². The molecular weight excluding hydrogens is 217 g/mol. The first kappa shape index (κ1) is 11.3. The largest absolute Gasteiger partial charge is 0.477 e. The first-order chi connectivity index (χ1) is 6.81. The number of alkyl halides is 3. The minimum Gasteiger partial charge on any atom is -0.477 e. The molecule has 0 aliphatic rings. The van der Waals surface area contributed by atoms with Crippen molar-refractivity contribution in [1.29, 1.82) is 0 Å². The summed E-state index contributed by atoms with van der Waals surface area (Å²) in [5.41, 5.74) is -0.401. The summed E-state index contributed by atoms with van der Waals surface area (Å²) in [6.07, 6.45) is -3.59. The molecule has 0 saturated heterocycles. The number of aromatic nitrogens is 2. The maximum atomic E-state index is 11.8. The van der Waals surface area contributed by atoms with E-state index in [4.69, 9.17) is 5.11 Å². The van der Waals surface area contributed by atoms with Crippen LogP contribution < -0.4 is 4.74 Å². The quantitative estimate of drug-likeness (QED) is 0.833. The zero-order valence-electron chi connectivity index (χ0n) is 7.58. The van der Waals surface area contributed by atoms with E-state index in [9.17, 15) is 18.0 Å². The molecule has 1 aromatic rings. The third-order valence-corrected chi connectivity index (χ3v) is 1.49. The van der Waals surface area contributed by atoms with Gasteiger partial charge >= 0.3 is 12.1 Å². The molecule has 0 saturated carbocycles. The molecule has 0 amide bonds. The van der Waals surface area contributed by atoms with Gasteiger partial charge in [0.2, 0.25) is 5.88 Å². The highest BCUT2D eigenvalue weighted by molar-refractivity contribution is 5.89. The second-order valence-corrected chi connectivity index (χ2v) is 2.70. The molecule has 1 aromatic heterocycles. The maximum Gasteiger partial charge on any atom is 0.422 e. The monoisotopic (exact) mass is 224 g/mol. The van der Waals surface area contributed by atoms with Gasteiger partial charge in [0.1, 0.15) is 5.56 Å². The summed E-state index contributed by atoms with van der Waals surface area (Å²) in [6, 6.07) is 0. The summed E-state index contributed by atoms with van der Waals surface area (Å²) in [7, 11) is 1.29. The van der Waals surface area contributed by atoms with Crippen LogP contribution in [0.15, 0.2) is 6.20 Å². The fourth-order valence-corrected chi connectivity index (χ4v) is 0.894. The summed E-state index contributed by atoms with van der Waals surface area (Å²) >= 11 is 0. The molecule has 0 radical (unpaired) electrons. The lowest BCUT2D eigenvalue weighted by molar-refractivity contribution is -0.154. The van der Waals surface area contributed by atoms with Crippen molar-refractivity contribution >= 4 is 5.97 Å². The molecule has 1 N–H and O–H groups in total. The van der Waals surface area contributed by atoms with Crippen LogP contribution in [0.25, 0.3) is 0 Å². The number of hydrogen-bond donors (Lipinski definition) is 1. The molecule has 0 aromatic carbocycles. The molecule has 0 atom stereocenters. The van der Waals surface area contributed by atoms with Gasteiger partial charge in [-0.05, 0) is 0 Å². The average molecular weight is 224 g/mol. The first-order valence-corrected chi connectivity index (χ1v) is 3.76. The van der Waals surface area contributed by atoms with E-state index in [-0.39, 0.29) is 0 Å². The minimum absolute atomic E-state index is 0.401. The number of aromatic carboxylic acids is 1. The Morgan fingerprint density at radius 2 is 2.27 bits per heavy atom. The first-order valence-electron chi connectivity index (χ1n) is 3.76. The number of nitrogens with zero attached hydrogens (tertiary/aromatic N) is 2. The predicted molar refractivity (Wildman–Crippen MR) is 41.7 cm³/mol. The van der Waals surface area contributed by atoms with Crippen molar-refractivity contribution in [3.05, 3.63) is 11.8 Å².